The number of rotatable bonds is 8. The van der Waals surface area contributed by atoms with Crippen LogP contribution in [0.2, 0.25) is 0 Å². The summed E-state index contributed by atoms with van der Waals surface area (Å²) < 4.78 is 5.88. The summed E-state index contributed by atoms with van der Waals surface area (Å²) in [5.41, 5.74) is 0. The Hall–Kier alpha value is -2.80. The first kappa shape index (κ1) is 21.9. The molecule has 1 aliphatic rings. The van der Waals surface area contributed by atoms with Crippen molar-refractivity contribution in [3.63, 3.8) is 0 Å². The lowest BCUT2D eigenvalue weighted by Crippen LogP contribution is -2.50. The molecule has 1 fully saturated rings. The molecule has 0 unspecified atom stereocenters. The summed E-state index contributed by atoms with van der Waals surface area (Å²) >= 11 is 0. The number of hydrogen-bond donors (Lipinski definition) is 2. The lowest BCUT2D eigenvalue weighted by atomic mass is 10.1. The number of amides is 1. The molecule has 2 N–H and O–H groups in total. The number of guanidine groups is 1. The monoisotopic (exact) mass is 411 g/mol. The number of hydrogen-bond acceptors (Lipinski definition) is 4. The number of ether oxygens (including phenoxy) is 1. The zero-order chi connectivity index (χ0) is 21.2. The molecule has 0 aliphatic carbocycles. The van der Waals surface area contributed by atoms with Gasteiger partial charge in [0.25, 0.3) is 0 Å². The van der Waals surface area contributed by atoms with E-state index in [1.807, 2.05) is 23.1 Å². The predicted octanol–water partition coefficient (Wildman–Crippen LogP) is 1.94. The number of aliphatic imine (C=N–C) groups is 1. The second kappa shape index (κ2) is 11.4. The minimum atomic E-state index is 0.168. The maximum absolute atomic E-state index is 11.4. The normalized spacial score (nSPS) is 15.3. The van der Waals surface area contributed by atoms with Crippen LogP contribution in [-0.2, 0) is 4.79 Å². The number of carbonyl (C=O) groups excluding carboxylic acids is 1. The van der Waals surface area contributed by atoms with Crippen molar-refractivity contribution in [2.75, 3.05) is 59.5 Å². The Labute approximate surface area is 179 Å². The molecule has 0 radical (unpaired) electrons. The van der Waals surface area contributed by atoms with Gasteiger partial charge in [-0.2, -0.15) is 0 Å². The Bertz CT molecular complexity index is 846. The summed E-state index contributed by atoms with van der Waals surface area (Å²) in [6.45, 7) is 8.36. The summed E-state index contributed by atoms with van der Waals surface area (Å²) in [4.78, 5) is 19.9. The fraction of sp³-hybridized carbons (Fsp3) is 0.478. The first-order valence-corrected chi connectivity index (χ1v) is 10.7. The molecule has 162 valence electrons. The maximum atomic E-state index is 11.4. The Morgan fingerprint density at radius 3 is 2.50 bits per heavy atom. The van der Waals surface area contributed by atoms with Crippen molar-refractivity contribution in [3.05, 3.63) is 42.5 Å². The van der Waals surface area contributed by atoms with Gasteiger partial charge in [-0.15, -0.1) is 0 Å². The number of benzene rings is 2. The van der Waals surface area contributed by atoms with Gasteiger partial charge in [0.2, 0.25) is 5.91 Å². The van der Waals surface area contributed by atoms with Crippen molar-refractivity contribution in [2.45, 2.75) is 13.3 Å². The topological polar surface area (TPSA) is 69.2 Å². The van der Waals surface area contributed by atoms with Gasteiger partial charge in [0, 0.05) is 59.8 Å². The average molecular weight is 412 g/mol. The zero-order valence-electron chi connectivity index (χ0n) is 18.1. The van der Waals surface area contributed by atoms with Crippen LogP contribution in [0.4, 0.5) is 0 Å². The minimum absolute atomic E-state index is 0.168. The fourth-order valence-electron chi connectivity index (χ4n) is 3.57. The highest BCUT2D eigenvalue weighted by molar-refractivity contribution is 5.83. The van der Waals surface area contributed by atoms with Crippen LogP contribution < -0.4 is 15.4 Å². The standard InChI is InChI=1S/C23H33N5O2/c1-19(29)28-15-13-27(14-16-28)12-11-26-23(24-2)25-10-5-17-30-22-9-8-20-6-3-4-7-21(20)18-22/h3-4,6-9,18H,5,10-17H2,1-2H3,(H2,24,25,26). The predicted molar refractivity (Wildman–Crippen MR) is 122 cm³/mol. The molecule has 1 saturated heterocycles. The molecule has 2 aromatic carbocycles. The lowest BCUT2D eigenvalue weighted by molar-refractivity contribution is -0.130. The van der Waals surface area contributed by atoms with E-state index in [1.54, 1.807) is 14.0 Å². The van der Waals surface area contributed by atoms with E-state index in [1.165, 1.54) is 10.8 Å². The second-order valence-electron chi connectivity index (χ2n) is 7.48. The highest BCUT2D eigenvalue weighted by Gasteiger charge is 2.17. The van der Waals surface area contributed by atoms with Crippen molar-refractivity contribution in [3.8, 4) is 5.75 Å². The largest absolute Gasteiger partial charge is 0.494 e. The molecule has 7 heteroatoms. The Kier molecular flexibility index (Phi) is 8.32. The van der Waals surface area contributed by atoms with Gasteiger partial charge in [0.05, 0.1) is 6.61 Å². The van der Waals surface area contributed by atoms with E-state index >= 15 is 0 Å². The molecular formula is C23H33N5O2. The third-order valence-corrected chi connectivity index (χ3v) is 5.36. The average Bonchev–Trinajstić information content (AvgIpc) is 2.78. The molecule has 0 saturated carbocycles. The Morgan fingerprint density at radius 1 is 1.03 bits per heavy atom. The van der Waals surface area contributed by atoms with Crippen LogP contribution in [0.25, 0.3) is 10.8 Å². The first-order valence-electron chi connectivity index (χ1n) is 10.7. The van der Waals surface area contributed by atoms with Crippen molar-refractivity contribution >= 4 is 22.6 Å². The molecular weight excluding hydrogens is 378 g/mol. The number of fused-ring (bicyclic) bond motifs is 1. The summed E-state index contributed by atoms with van der Waals surface area (Å²) in [7, 11) is 1.78. The number of piperazine rings is 1. The van der Waals surface area contributed by atoms with Gasteiger partial charge in [0.15, 0.2) is 5.96 Å². The number of nitrogens with one attached hydrogen (secondary N) is 2. The molecule has 7 nitrogen and oxygen atoms in total. The molecule has 30 heavy (non-hydrogen) atoms. The van der Waals surface area contributed by atoms with Crippen molar-refractivity contribution < 1.29 is 9.53 Å². The summed E-state index contributed by atoms with van der Waals surface area (Å²) in [6, 6.07) is 14.5. The fourth-order valence-corrected chi connectivity index (χ4v) is 3.57. The third kappa shape index (κ3) is 6.62. The van der Waals surface area contributed by atoms with Crippen LogP contribution in [0.1, 0.15) is 13.3 Å². The molecule has 1 heterocycles. The van der Waals surface area contributed by atoms with Crippen LogP contribution in [-0.4, -0.2) is 81.1 Å². The number of carbonyl (C=O) groups is 1. The van der Waals surface area contributed by atoms with E-state index in [-0.39, 0.29) is 5.91 Å². The Balaban J connectivity index is 1.27. The molecule has 0 bridgehead atoms. The van der Waals surface area contributed by atoms with Crippen molar-refractivity contribution in [1.82, 2.24) is 20.4 Å². The Morgan fingerprint density at radius 2 is 1.77 bits per heavy atom. The van der Waals surface area contributed by atoms with E-state index in [2.05, 4.69) is 44.8 Å². The quantitative estimate of drug-likeness (QED) is 0.395. The molecule has 3 rings (SSSR count). The van der Waals surface area contributed by atoms with E-state index in [4.69, 9.17) is 4.74 Å². The third-order valence-electron chi connectivity index (χ3n) is 5.36. The second-order valence-corrected chi connectivity index (χ2v) is 7.48. The van der Waals surface area contributed by atoms with Crippen LogP contribution in [0.3, 0.4) is 0 Å². The summed E-state index contributed by atoms with van der Waals surface area (Å²) in [5, 5.41) is 9.11. The number of nitrogens with zero attached hydrogens (tertiary/aromatic N) is 3. The minimum Gasteiger partial charge on any atom is -0.494 e. The summed E-state index contributed by atoms with van der Waals surface area (Å²) in [5.74, 6) is 1.88. The molecule has 0 spiro atoms. The highest BCUT2D eigenvalue weighted by atomic mass is 16.5. The molecule has 0 aromatic heterocycles. The van der Waals surface area contributed by atoms with Crippen LogP contribution in [0.15, 0.2) is 47.5 Å². The van der Waals surface area contributed by atoms with Gasteiger partial charge in [-0.25, -0.2) is 0 Å². The van der Waals surface area contributed by atoms with Gasteiger partial charge in [-0.1, -0.05) is 30.3 Å². The highest BCUT2D eigenvalue weighted by Crippen LogP contribution is 2.20. The van der Waals surface area contributed by atoms with Crippen molar-refractivity contribution in [1.29, 1.82) is 0 Å². The van der Waals surface area contributed by atoms with Crippen molar-refractivity contribution in [2.24, 2.45) is 4.99 Å². The van der Waals surface area contributed by atoms with Gasteiger partial charge >= 0.3 is 0 Å². The van der Waals surface area contributed by atoms with E-state index in [0.717, 1.165) is 63.9 Å². The van der Waals surface area contributed by atoms with Gasteiger partial charge in [-0.05, 0) is 29.3 Å². The molecule has 0 atom stereocenters. The molecule has 1 amide bonds. The van der Waals surface area contributed by atoms with Gasteiger partial charge in [0.1, 0.15) is 5.75 Å². The van der Waals surface area contributed by atoms with E-state index in [9.17, 15) is 4.79 Å². The van der Waals surface area contributed by atoms with Gasteiger partial charge in [-0.3, -0.25) is 14.7 Å². The summed E-state index contributed by atoms with van der Waals surface area (Å²) in [6.07, 6.45) is 0.889. The van der Waals surface area contributed by atoms with E-state index < -0.39 is 0 Å². The molecule has 2 aromatic rings. The molecule has 1 aliphatic heterocycles. The smallest absolute Gasteiger partial charge is 0.219 e. The van der Waals surface area contributed by atoms with Crippen LogP contribution in [0.5, 0.6) is 5.75 Å². The van der Waals surface area contributed by atoms with Gasteiger partial charge < -0.3 is 20.3 Å². The zero-order valence-corrected chi connectivity index (χ0v) is 18.1. The van der Waals surface area contributed by atoms with Crippen LogP contribution in [0, 0.1) is 0 Å². The van der Waals surface area contributed by atoms with Crippen LogP contribution >= 0.6 is 0 Å². The first-order chi connectivity index (χ1) is 14.7. The van der Waals surface area contributed by atoms with E-state index in [0.29, 0.717) is 6.61 Å². The SMILES string of the molecule is CN=C(NCCCOc1ccc2ccccc2c1)NCCN1CCN(C(C)=O)CC1. The maximum Gasteiger partial charge on any atom is 0.219 e. The lowest BCUT2D eigenvalue weighted by Gasteiger charge is -2.34.